The van der Waals surface area contributed by atoms with Crippen molar-refractivity contribution in [3.63, 3.8) is 0 Å². The van der Waals surface area contributed by atoms with Gasteiger partial charge in [-0.15, -0.1) is 12.4 Å². The summed E-state index contributed by atoms with van der Waals surface area (Å²) in [5.41, 5.74) is 1.01. The standard InChI is InChI=1S/C19H20N6O2.ClH/c26-19(17-6-10-25(24-17)15-4-2-7-20-12-15)23-14-3-1-5-16(11-14)27-18-13-21-8-9-22-18;/h1,3,5-6,8-11,13,15,20H,2,4,7,12H2,(H,23,26);1H. The van der Waals surface area contributed by atoms with Crippen LogP contribution >= 0.6 is 12.4 Å². The van der Waals surface area contributed by atoms with Crippen LogP contribution in [-0.2, 0) is 0 Å². The van der Waals surface area contributed by atoms with Crippen LogP contribution in [0.4, 0.5) is 5.69 Å². The maximum atomic E-state index is 12.5. The molecular weight excluding hydrogens is 380 g/mol. The summed E-state index contributed by atoms with van der Waals surface area (Å²) >= 11 is 0. The van der Waals surface area contributed by atoms with Crippen molar-refractivity contribution in [1.82, 2.24) is 25.1 Å². The summed E-state index contributed by atoms with van der Waals surface area (Å²) < 4.78 is 7.51. The number of nitrogens with zero attached hydrogens (tertiary/aromatic N) is 4. The Morgan fingerprint density at radius 3 is 3.00 bits per heavy atom. The Morgan fingerprint density at radius 2 is 2.21 bits per heavy atom. The number of hydrogen-bond acceptors (Lipinski definition) is 6. The zero-order valence-electron chi connectivity index (χ0n) is 15.1. The zero-order chi connectivity index (χ0) is 18.5. The van der Waals surface area contributed by atoms with Gasteiger partial charge in [0.2, 0.25) is 5.88 Å². The number of benzene rings is 1. The summed E-state index contributed by atoms with van der Waals surface area (Å²) in [4.78, 5) is 20.5. The molecule has 1 aliphatic heterocycles. The monoisotopic (exact) mass is 400 g/mol. The van der Waals surface area contributed by atoms with E-state index in [-0.39, 0.29) is 18.3 Å². The number of carbonyl (C=O) groups excluding carboxylic acids is 1. The summed E-state index contributed by atoms with van der Waals surface area (Å²) in [6.07, 6.45) is 8.70. The minimum Gasteiger partial charge on any atom is -0.437 e. The molecule has 2 N–H and O–H groups in total. The first-order valence-corrected chi connectivity index (χ1v) is 8.89. The molecule has 1 aromatic carbocycles. The normalized spacial score (nSPS) is 16.1. The van der Waals surface area contributed by atoms with E-state index in [1.165, 1.54) is 6.20 Å². The van der Waals surface area contributed by atoms with Crippen molar-refractivity contribution in [3.05, 3.63) is 60.8 Å². The molecule has 0 bridgehead atoms. The Bertz CT molecular complexity index is 912. The summed E-state index contributed by atoms with van der Waals surface area (Å²) in [5.74, 6) is 0.696. The largest absolute Gasteiger partial charge is 0.437 e. The third-order valence-corrected chi connectivity index (χ3v) is 4.34. The molecule has 1 atom stereocenters. The molecule has 3 aromatic rings. The number of ether oxygens (including phenoxy) is 1. The summed E-state index contributed by atoms with van der Waals surface area (Å²) in [6, 6.07) is 9.15. The molecule has 1 aliphatic rings. The second kappa shape index (κ2) is 9.29. The number of piperidine rings is 1. The number of amides is 1. The van der Waals surface area contributed by atoms with Gasteiger partial charge in [0.05, 0.1) is 12.2 Å². The van der Waals surface area contributed by atoms with E-state index in [2.05, 4.69) is 25.7 Å². The SMILES string of the molecule is Cl.O=C(Nc1cccc(Oc2cnccn2)c1)c1ccn(C2CCCNC2)n1. The molecule has 2 aromatic heterocycles. The van der Waals surface area contributed by atoms with E-state index in [1.807, 2.05) is 10.9 Å². The lowest BCUT2D eigenvalue weighted by Gasteiger charge is -2.22. The number of rotatable bonds is 5. The molecule has 0 aliphatic carbocycles. The number of anilines is 1. The third-order valence-electron chi connectivity index (χ3n) is 4.34. The predicted octanol–water partition coefficient (Wildman–Crippen LogP) is 3.06. The van der Waals surface area contributed by atoms with E-state index in [0.717, 1.165) is 25.9 Å². The van der Waals surface area contributed by atoms with Gasteiger partial charge >= 0.3 is 0 Å². The van der Waals surface area contributed by atoms with Gasteiger partial charge in [0, 0.05) is 36.9 Å². The molecule has 9 heteroatoms. The molecule has 146 valence electrons. The van der Waals surface area contributed by atoms with Gasteiger partial charge in [-0.2, -0.15) is 5.10 Å². The third kappa shape index (κ3) is 4.85. The number of nitrogens with one attached hydrogen (secondary N) is 2. The van der Waals surface area contributed by atoms with Gasteiger partial charge in [0.1, 0.15) is 5.75 Å². The van der Waals surface area contributed by atoms with Gasteiger partial charge in [-0.05, 0) is 37.6 Å². The van der Waals surface area contributed by atoms with Crippen LogP contribution in [0.25, 0.3) is 0 Å². The van der Waals surface area contributed by atoms with E-state index in [0.29, 0.717) is 29.1 Å². The van der Waals surface area contributed by atoms with Crippen molar-refractivity contribution in [2.75, 3.05) is 18.4 Å². The van der Waals surface area contributed by atoms with Crippen molar-refractivity contribution < 1.29 is 9.53 Å². The van der Waals surface area contributed by atoms with Crippen molar-refractivity contribution in [2.24, 2.45) is 0 Å². The fraction of sp³-hybridized carbons (Fsp3) is 0.263. The van der Waals surface area contributed by atoms with Crippen LogP contribution in [0.5, 0.6) is 11.6 Å². The van der Waals surface area contributed by atoms with E-state index >= 15 is 0 Å². The van der Waals surface area contributed by atoms with Gasteiger partial charge in [-0.3, -0.25) is 14.5 Å². The molecule has 8 nitrogen and oxygen atoms in total. The number of halogens is 1. The first kappa shape index (κ1) is 19.8. The first-order chi connectivity index (χ1) is 13.3. The zero-order valence-corrected chi connectivity index (χ0v) is 15.9. The number of hydrogen-bond donors (Lipinski definition) is 2. The number of aromatic nitrogens is 4. The minimum absolute atomic E-state index is 0. The predicted molar refractivity (Wildman–Crippen MR) is 107 cm³/mol. The van der Waals surface area contributed by atoms with Gasteiger partial charge in [0.25, 0.3) is 5.91 Å². The Morgan fingerprint density at radius 1 is 1.29 bits per heavy atom. The highest BCUT2D eigenvalue weighted by Gasteiger charge is 2.17. The van der Waals surface area contributed by atoms with E-state index < -0.39 is 0 Å². The maximum absolute atomic E-state index is 12.5. The van der Waals surface area contributed by atoms with E-state index in [4.69, 9.17) is 4.74 Å². The van der Waals surface area contributed by atoms with Crippen LogP contribution in [0.1, 0.15) is 29.4 Å². The van der Waals surface area contributed by atoms with Crippen molar-refractivity contribution in [1.29, 1.82) is 0 Å². The van der Waals surface area contributed by atoms with Crippen LogP contribution < -0.4 is 15.4 Å². The lowest BCUT2D eigenvalue weighted by Crippen LogP contribution is -2.32. The molecule has 1 unspecified atom stereocenters. The fourth-order valence-corrected chi connectivity index (χ4v) is 3.01. The Balaban J connectivity index is 0.00000225. The molecule has 0 saturated carbocycles. The first-order valence-electron chi connectivity index (χ1n) is 8.89. The maximum Gasteiger partial charge on any atom is 0.276 e. The lowest BCUT2D eigenvalue weighted by molar-refractivity contribution is 0.102. The smallest absolute Gasteiger partial charge is 0.276 e. The second-order valence-electron chi connectivity index (χ2n) is 6.31. The molecule has 1 amide bonds. The van der Waals surface area contributed by atoms with Gasteiger partial charge < -0.3 is 15.4 Å². The second-order valence-corrected chi connectivity index (χ2v) is 6.31. The summed E-state index contributed by atoms with van der Waals surface area (Å²) in [6.45, 7) is 1.92. The summed E-state index contributed by atoms with van der Waals surface area (Å²) in [7, 11) is 0. The average Bonchev–Trinajstić information content (AvgIpc) is 3.20. The van der Waals surface area contributed by atoms with Crippen LogP contribution in [0, 0.1) is 0 Å². The van der Waals surface area contributed by atoms with Crippen LogP contribution in [0.2, 0.25) is 0 Å². The Labute approximate surface area is 168 Å². The molecule has 28 heavy (non-hydrogen) atoms. The van der Waals surface area contributed by atoms with Gasteiger partial charge in [-0.25, -0.2) is 4.98 Å². The van der Waals surface area contributed by atoms with Crippen LogP contribution in [0.3, 0.4) is 0 Å². The Hall–Kier alpha value is -2.97. The Kier molecular flexibility index (Phi) is 6.57. The highest BCUT2D eigenvalue weighted by molar-refractivity contribution is 6.02. The molecule has 1 saturated heterocycles. The van der Waals surface area contributed by atoms with Crippen molar-refractivity contribution in [2.45, 2.75) is 18.9 Å². The summed E-state index contributed by atoms with van der Waals surface area (Å²) in [5, 5.41) is 10.6. The molecule has 4 rings (SSSR count). The van der Waals surface area contributed by atoms with Crippen molar-refractivity contribution in [3.8, 4) is 11.6 Å². The topological polar surface area (TPSA) is 94.0 Å². The van der Waals surface area contributed by atoms with Gasteiger partial charge in [0.15, 0.2) is 5.69 Å². The highest BCUT2D eigenvalue weighted by atomic mass is 35.5. The van der Waals surface area contributed by atoms with E-state index in [1.54, 1.807) is 42.7 Å². The lowest BCUT2D eigenvalue weighted by atomic mass is 10.1. The van der Waals surface area contributed by atoms with E-state index in [9.17, 15) is 4.79 Å². The minimum atomic E-state index is -0.255. The quantitative estimate of drug-likeness (QED) is 0.683. The van der Waals surface area contributed by atoms with Crippen molar-refractivity contribution >= 4 is 24.0 Å². The fourth-order valence-electron chi connectivity index (χ4n) is 3.01. The van der Waals surface area contributed by atoms with Crippen LogP contribution in [0.15, 0.2) is 55.1 Å². The molecule has 3 heterocycles. The van der Waals surface area contributed by atoms with Crippen LogP contribution in [-0.4, -0.2) is 38.7 Å². The molecular formula is C19H21ClN6O2. The average molecular weight is 401 g/mol. The number of carbonyl (C=O) groups is 1. The molecule has 0 spiro atoms. The molecule has 0 radical (unpaired) electrons. The van der Waals surface area contributed by atoms with Gasteiger partial charge in [-0.1, -0.05) is 6.07 Å². The molecule has 1 fully saturated rings. The highest BCUT2D eigenvalue weighted by Crippen LogP contribution is 2.22.